The zero-order valence-electron chi connectivity index (χ0n) is 8.16. The second-order valence-corrected chi connectivity index (χ2v) is 4.09. The first-order valence-corrected chi connectivity index (χ1v) is 5.11. The molecule has 0 bridgehead atoms. The zero-order valence-corrected chi connectivity index (χ0v) is 8.16. The molecule has 1 N–H and O–H groups in total. The van der Waals surface area contributed by atoms with Crippen LogP contribution >= 0.6 is 0 Å². The fourth-order valence-corrected chi connectivity index (χ4v) is 2.05. The van der Waals surface area contributed by atoms with E-state index in [4.69, 9.17) is 0 Å². The van der Waals surface area contributed by atoms with Crippen molar-refractivity contribution in [3.63, 3.8) is 0 Å². The molecule has 1 fully saturated rings. The molecule has 70 valence electrons. The molecule has 0 saturated carbocycles. The Balaban J connectivity index is 1.98. The van der Waals surface area contributed by atoms with E-state index in [1.807, 2.05) is 0 Å². The third-order valence-electron chi connectivity index (χ3n) is 3.02. The molecule has 0 unspecified atom stereocenters. The Kier molecular flexibility index (Phi) is 2.65. The SMILES string of the molecule is C[C@H]1CNC[C@@H]1Cc1ccccc1. The smallest absolute Gasteiger partial charge is 0.00142 e. The van der Waals surface area contributed by atoms with Crippen LogP contribution in [-0.4, -0.2) is 13.1 Å². The maximum Gasteiger partial charge on any atom is -0.00142 e. The Morgan fingerprint density at radius 3 is 2.62 bits per heavy atom. The zero-order chi connectivity index (χ0) is 9.10. The molecule has 0 radical (unpaired) electrons. The first-order chi connectivity index (χ1) is 6.36. The molecule has 2 atom stereocenters. The van der Waals surface area contributed by atoms with Crippen LogP contribution in [0.25, 0.3) is 0 Å². The van der Waals surface area contributed by atoms with Crippen molar-refractivity contribution in [3.8, 4) is 0 Å². The van der Waals surface area contributed by atoms with Crippen molar-refractivity contribution in [1.29, 1.82) is 0 Å². The van der Waals surface area contributed by atoms with E-state index in [2.05, 4.69) is 42.6 Å². The van der Waals surface area contributed by atoms with E-state index < -0.39 is 0 Å². The second-order valence-electron chi connectivity index (χ2n) is 4.09. The van der Waals surface area contributed by atoms with E-state index in [1.54, 1.807) is 0 Å². The monoisotopic (exact) mass is 175 g/mol. The van der Waals surface area contributed by atoms with Crippen molar-refractivity contribution in [3.05, 3.63) is 35.9 Å². The molecule has 13 heavy (non-hydrogen) atoms. The second kappa shape index (κ2) is 3.93. The van der Waals surface area contributed by atoms with Gasteiger partial charge < -0.3 is 5.32 Å². The maximum atomic E-state index is 3.44. The van der Waals surface area contributed by atoms with Crippen molar-refractivity contribution in [2.45, 2.75) is 13.3 Å². The molecule has 1 aromatic rings. The molecule has 1 heteroatoms. The predicted octanol–water partition coefficient (Wildman–Crippen LogP) is 2.08. The highest BCUT2D eigenvalue weighted by Gasteiger charge is 2.22. The van der Waals surface area contributed by atoms with Gasteiger partial charge in [-0.15, -0.1) is 0 Å². The van der Waals surface area contributed by atoms with Gasteiger partial charge in [-0.3, -0.25) is 0 Å². The van der Waals surface area contributed by atoms with E-state index in [0.717, 1.165) is 11.8 Å². The van der Waals surface area contributed by atoms with E-state index >= 15 is 0 Å². The van der Waals surface area contributed by atoms with Crippen molar-refractivity contribution in [2.75, 3.05) is 13.1 Å². The lowest BCUT2D eigenvalue weighted by Gasteiger charge is -2.13. The molecule has 0 aliphatic carbocycles. The average Bonchev–Trinajstić information content (AvgIpc) is 2.54. The Morgan fingerprint density at radius 1 is 1.23 bits per heavy atom. The molecule has 1 heterocycles. The number of benzene rings is 1. The summed E-state index contributed by atoms with van der Waals surface area (Å²) in [5.41, 5.74) is 1.48. The maximum absolute atomic E-state index is 3.44. The first kappa shape index (κ1) is 8.76. The van der Waals surface area contributed by atoms with Crippen LogP contribution in [0, 0.1) is 11.8 Å². The molecule has 1 saturated heterocycles. The van der Waals surface area contributed by atoms with Crippen LogP contribution in [0.2, 0.25) is 0 Å². The van der Waals surface area contributed by atoms with Gasteiger partial charge in [0.15, 0.2) is 0 Å². The minimum atomic E-state index is 0.834. The minimum absolute atomic E-state index is 0.834. The van der Waals surface area contributed by atoms with Gasteiger partial charge in [-0.1, -0.05) is 37.3 Å². The van der Waals surface area contributed by atoms with Crippen LogP contribution < -0.4 is 5.32 Å². The summed E-state index contributed by atoms with van der Waals surface area (Å²) in [5, 5.41) is 3.44. The van der Waals surface area contributed by atoms with Crippen LogP contribution in [-0.2, 0) is 6.42 Å². The number of rotatable bonds is 2. The highest BCUT2D eigenvalue weighted by atomic mass is 14.9. The van der Waals surface area contributed by atoms with Gasteiger partial charge in [-0.25, -0.2) is 0 Å². The Hall–Kier alpha value is -0.820. The summed E-state index contributed by atoms with van der Waals surface area (Å²) in [6.45, 7) is 4.72. The van der Waals surface area contributed by atoms with Crippen LogP contribution in [0.15, 0.2) is 30.3 Å². The highest BCUT2D eigenvalue weighted by molar-refractivity contribution is 5.15. The fourth-order valence-electron chi connectivity index (χ4n) is 2.05. The van der Waals surface area contributed by atoms with Gasteiger partial charge in [0.1, 0.15) is 0 Å². The van der Waals surface area contributed by atoms with E-state index in [9.17, 15) is 0 Å². The molecular formula is C12H17N. The lowest BCUT2D eigenvalue weighted by Crippen LogP contribution is -2.12. The summed E-state index contributed by atoms with van der Waals surface area (Å²) in [6, 6.07) is 10.8. The topological polar surface area (TPSA) is 12.0 Å². The molecule has 2 rings (SSSR count). The molecule has 1 aliphatic heterocycles. The molecule has 0 amide bonds. The normalized spacial score (nSPS) is 27.8. The third kappa shape index (κ3) is 2.10. The van der Waals surface area contributed by atoms with Gasteiger partial charge in [0, 0.05) is 0 Å². The quantitative estimate of drug-likeness (QED) is 0.725. The van der Waals surface area contributed by atoms with Crippen LogP contribution in [0.3, 0.4) is 0 Å². The number of nitrogens with one attached hydrogen (secondary N) is 1. The van der Waals surface area contributed by atoms with Crippen LogP contribution in [0.5, 0.6) is 0 Å². The fraction of sp³-hybridized carbons (Fsp3) is 0.500. The van der Waals surface area contributed by atoms with Crippen molar-refractivity contribution in [2.24, 2.45) is 11.8 Å². The summed E-state index contributed by atoms with van der Waals surface area (Å²) < 4.78 is 0. The standard InChI is InChI=1S/C12H17N/c1-10-8-13-9-12(10)7-11-5-3-2-4-6-11/h2-6,10,12-13H,7-9H2,1H3/t10-,12-/m0/s1. The van der Waals surface area contributed by atoms with Crippen molar-refractivity contribution < 1.29 is 0 Å². The molecule has 0 spiro atoms. The Bertz CT molecular complexity index is 255. The molecule has 1 aromatic carbocycles. The van der Waals surface area contributed by atoms with E-state index in [0.29, 0.717) is 0 Å². The number of hydrogen-bond donors (Lipinski definition) is 1. The average molecular weight is 175 g/mol. The summed E-state index contributed by atoms with van der Waals surface area (Å²) in [6.07, 6.45) is 1.23. The Morgan fingerprint density at radius 2 is 2.00 bits per heavy atom. The first-order valence-electron chi connectivity index (χ1n) is 5.11. The van der Waals surface area contributed by atoms with Gasteiger partial charge in [0.05, 0.1) is 0 Å². The third-order valence-corrected chi connectivity index (χ3v) is 3.02. The largest absolute Gasteiger partial charge is 0.316 e. The lowest BCUT2D eigenvalue weighted by atomic mass is 9.91. The summed E-state index contributed by atoms with van der Waals surface area (Å²) in [7, 11) is 0. The minimum Gasteiger partial charge on any atom is -0.316 e. The van der Waals surface area contributed by atoms with E-state index in [-0.39, 0.29) is 0 Å². The van der Waals surface area contributed by atoms with Crippen LogP contribution in [0.1, 0.15) is 12.5 Å². The van der Waals surface area contributed by atoms with Gasteiger partial charge in [0.25, 0.3) is 0 Å². The van der Waals surface area contributed by atoms with Gasteiger partial charge in [-0.2, -0.15) is 0 Å². The Labute approximate surface area is 80.2 Å². The van der Waals surface area contributed by atoms with Crippen molar-refractivity contribution in [1.82, 2.24) is 5.32 Å². The highest BCUT2D eigenvalue weighted by Crippen LogP contribution is 2.20. The molecule has 1 nitrogen and oxygen atoms in total. The molecule has 0 aromatic heterocycles. The van der Waals surface area contributed by atoms with Gasteiger partial charge in [-0.05, 0) is 36.9 Å². The molecule has 1 aliphatic rings. The van der Waals surface area contributed by atoms with Gasteiger partial charge >= 0.3 is 0 Å². The summed E-state index contributed by atoms with van der Waals surface area (Å²) >= 11 is 0. The molecular weight excluding hydrogens is 158 g/mol. The van der Waals surface area contributed by atoms with Crippen molar-refractivity contribution >= 4 is 0 Å². The van der Waals surface area contributed by atoms with Gasteiger partial charge in [0.2, 0.25) is 0 Å². The summed E-state index contributed by atoms with van der Waals surface area (Å²) in [4.78, 5) is 0. The van der Waals surface area contributed by atoms with E-state index in [1.165, 1.54) is 25.1 Å². The van der Waals surface area contributed by atoms with Crippen LogP contribution in [0.4, 0.5) is 0 Å². The summed E-state index contributed by atoms with van der Waals surface area (Å²) in [5.74, 6) is 1.67. The number of hydrogen-bond acceptors (Lipinski definition) is 1. The predicted molar refractivity (Wildman–Crippen MR) is 55.7 cm³/mol. The lowest BCUT2D eigenvalue weighted by molar-refractivity contribution is 0.451.